The van der Waals surface area contributed by atoms with Crippen LogP contribution in [0.15, 0.2) is 0 Å². The molecule has 4 nitrogen and oxygen atoms in total. The van der Waals surface area contributed by atoms with Crippen molar-refractivity contribution in [3.8, 4) is 0 Å². The normalized spacial score (nSPS) is 13.7. The third-order valence-electron chi connectivity index (χ3n) is 6.07. The van der Waals surface area contributed by atoms with E-state index in [2.05, 4.69) is 6.92 Å². The minimum atomic E-state index is -4.15. The Hall–Kier alpha value is 1.51. The van der Waals surface area contributed by atoms with Crippen LogP contribution in [0.1, 0.15) is 142 Å². The zero-order valence-corrected chi connectivity index (χ0v) is 24.3. The summed E-state index contributed by atoms with van der Waals surface area (Å²) in [7, 11) is -4.15. The van der Waals surface area contributed by atoms with Gasteiger partial charge in [0.05, 0.1) is 16.2 Å². The zero-order valence-electron chi connectivity index (χ0n) is 20.4. The molecular formula is C24H49KO4S. The molecule has 0 bridgehead atoms. The van der Waals surface area contributed by atoms with E-state index in [9.17, 15) is 18.1 Å². The summed E-state index contributed by atoms with van der Waals surface area (Å²) in [4.78, 5) is 0. The van der Waals surface area contributed by atoms with Crippen LogP contribution in [0.4, 0.5) is 0 Å². The van der Waals surface area contributed by atoms with Crippen LogP contribution in [-0.2, 0) is 10.1 Å². The van der Waals surface area contributed by atoms with Crippen LogP contribution >= 0.6 is 0 Å². The van der Waals surface area contributed by atoms with Crippen molar-refractivity contribution in [2.24, 2.45) is 0 Å². The second-order valence-electron chi connectivity index (χ2n) is 8.85. The van der Waals surface area contributed by atoms with Crippen molar-refractivity contribution >= 4 is 10.1 Å². The molecule has 0 saturated carbocycles. The average Bonchev–Trinajstić information content (AvgIpc) is 2.67. The molecule has 0 aliphatic carbocycles. The minimum absolute atomic E-state index is 0. The van der Waals surface area contributed by atoms with E-state index < -0.39 is 15.4 Å². The molecule has 30 heavy (non-hydrogen) atoms. The van der Waals surface area contributed by atoms with Crippen molar-refractivity contribution in [3.05, 3.63) is 0 Å². The van der Waals surface area contributed by atoms with E-state index in [1.807, 2.05) is 0 Å². The molecule has 0 amide bonds. The molecule has 2 unspecified atom stereocenters. The maximum atomic E-state index is 11.0. The molecular weight excluding hydrogens is 423 g/mol. The number of hydrogen-bond donors (Lipinski definition) is 1. The van der Waals surface area contributed by atoms with Gasteiger partial charge < -0.3 is 9.66 Å². The van der Waals surface area contributed by atoms with Gasteiger partial charge in [-0.1, -0.05) is 117 Å². The number of unbranched alkanes of at least 4 members (excludes halogenated alkanes) is 14. The Bertz CT molecular complexity index is 442. The van der Waals surface area contributed by atoms with Crippen molar-refractivity contribution in [1.29, 1.82) is 0 Å². The Morgan fingerprint density at radius 1 is 0.633 bits per heavy atom. The molecule has 0 aliphatic rings. The van der Waals surface area contributed by atoms with E-state index in [1.54, 1.807) is 6.92 Å². The Morgan fingerprint density at radius 2 is 0.967 bits per heavy atom. The summed E-state index contributed by atoms with van der Waals surface area (Å²) in [5.74, 6) is 0. The Kier molecular flexibility index (Phi) is 26.6. The first-order valence-electron chi connectivity index (χ1n) is 12.5. The monoisotopic (exact) mass is 472 g/mol. The molecule has 0 aliphatic heterocycles. The summed E-state index contributed by atoms with van der Waals surface area (Å²) in [6, 6.07) is 0. The maximum Gasteiger partial charge on any atom is 1.00 e. The quantitative estimate of drug-likeness (QED) is 0.146. The summed E-state index contributed by atoms with van der Waals surface area (Å²) in [5.41, 5.74) is 0. The van der Waals surface area contributed by atoms with Gasteiger partial charge in [0.15, 0.2) is 0 Å². The van der Waals surface area contributed by atoms with Gasteiger partial charge in [-0.15, -0.1) is 0 Å². The van der Waals surface area contributed by atoms with Crippen molar-refractivity contribution in [2.45, 2.75) is 154 Å². The van der Waals surface area contributed by atoms with Crippen LogP contribution in [-0.4, -0.2) is 29.4 Å². The third kappa shape index (κ3) is 22.7. The van der Waals surface area contributed by atoms with Crippen LogP contribution < -0.4 is 51.4 Å². The summed E-state index contributed by atoms with van der Waals surface area (Å²) in [6.45, 7) is 4.01. The number of aliphatic hydroxyl groups is 1. The van der Waals surface area contributed by atoms with Gasteiger partial charge in [-0.2, -0.15) is 0 Å². The van der Waals surface area contributed by atoms with Gasteiger partial charge in [0.25, 0.3) is 0 Å². The predicted molar refractivity (Wildman–Crippen MR) is 123 cm³/mol. The van der Waals surface area contributed by atoms with Gasteiger partial charge in [0.2, 0.25) is 0 Å². The first-order valence-corrected chi connectivity index (χ1v) is 14.0. The van der Waals surface area contributed by atoms with Gasteiger partial charge in [0.1, 0.15) is 0 Å². The van der Waals surface area contributed by atoms with Crippen LogP contribution in [0.25, 0.3) is 0 Å². The number of rotatable bonds is 22. The second-order valence-corrected chi connectivity index (χ2v) is 10.5. The Balaban J connectivity index is 0. The third-order valence-corrected chi connectivity index (χ3v) is 7.45. The minimum Gasteiger partial charge on any atom is -0.748 e. The van der Waals surface area contributed by atoms with Crippen molar-refractivity contribution in [2.75, 3.05) is 0 Å². The molecule has 1 N–H and O–H groups in total. The molecule has 0 rings (SSSR count). The molecule has 0 aromatic carbocycles. The van der Waals surface area contributed by atoms with Gasteiger partial charge >= 0.3 is 51.4 Å². The van der Waals surface area contributed by atoms with Crippen LogP contribution in [0.3, 0.4) is 0 Å². The van der Waals surface area contributed by atoms with Crippen LogP contribution in [0.2, 0.25) is 0 Å². The summed E-state index contributed by atoms with van der Waals surface area (Å²) < 4.78 is 33.1. The fraction of sp³-hybridized carbons (Fsp3) is 1.00. The van der Waals surface area contributed by atoms with Gasteiger partial charge in [-0.3, -0.25) is 0 Å². The molecule has 0 heterocycles. The van der Waals surface area contributed by atoms with Crippen molar-refractivity contribution in [3.63, 3.8) is 0 Å². The smallest absolute Gasteiger partial charge is 0.748 e. The molecule has 0 spiro atoms. The molecule has 0 fully saturated rings. The molecule has 0 radical (unpaired) electrons. The molecule has 2 atom stereocenters. The topological polar surface area (TPSA) is 77.4 Å². The van der Waals surface area contributed by atoms with Crippen LogP contribution in [0, 0.1) is 0 Å². The van der Waals surface area contributed by atoms with E-state index in [1.165, 1.54) is 77.0 Å². The molecule has 0 aromatic rings. The van der Waals surface area contributed by atoms with E-state index in [4.69, 9.17) is 0 Å². The molecule has 0 aromatic heterocycles. The number of aliphatic hydroxyl groups excluding tert-OH is 1. The van der Waals surface area contributed by atoms with Gasteiger partial charge in [0, 0.05) is 5.25 Å². The summed E-state index contributed by atoms with van der Waals surface area (Å²) in [6.07, 6.45) is 22.3. The van der Waals surface area contributed by atoms with E-state index in [0.29, 0.717) is 12.8 Å². The van der Waals surface area contributed by atoms with Crippen LogP contribution in [0.5, 0.6) is 0 Å². The van der Waals surface area contributed by atoms with E-state index in [-0.39, 0.29) is 57.5 Å². The maximum absolute atomic E-state index is 11.0. The standard InChI is InChI=1S/C24H50O4S.K/c1-3-5-6-7-8-9-10-11-12-13-14-15-17-20-23(25)21-18-16-19-22-24(4-2)29(26,27)28;/h23-25H,3-22H2,1-2H3,(H,26,27,28);/q;+1/p-1. The SMILES string of the molecule is CCCCCCCCCCCCCCCC(O)CCCCCC(CC)S(=O)(=O)[O-].[K+]. The fourth-order valence-corrected chi connectivity index (χ4v) is 4.89. The molecule has 176 valence electrons. The van der Waals surface area contributed by atoms with Gasteiger partial charge in [-0.05, 0) is 25.7 Å². The predicted octanol–water partition coefficient (Wildman–Crippen LogP) is 4.11. The van der Waals surface area contributed by atoms with Crippen molar-refractivity contribution in [1.82, 2.24) is 0 Å². The number of hydrogen-bond acceptors (Lipinski definition) is 4. The zero-order chi connectivity index (χ0) is 21.8. The Morgan fingerprint density at radius 3 is 1.33 bits per heavy atom. The van der Waals surface area contributed by atoms with E-state index in [0.717, 1.165) is 38.5 Å². The average molecular weight is 473 g/mol. The Labute approximate surface area is 230 Å². The van der Waals surface area contributed by atoms with E-state index >= 15 is 0 Å². The summed E-state index contributed by atoms with van der Waals surface area (Å²) in [5, 5.41) is 9.33. The molecule has 0 saturated heterocycles. The largest absolute Gasteiger partial charge is 1.00 e. The fourth-order valence-electron chi connectivity index (χ4n) is 4.02. The second kappa shape index (κ2) is 23.7. The first-order chi connectivity index (χ1) is 13.9. The first kappa shape index (κ1) is 33.7. The van der Waals surface area contributed by atoms with Gasteiger partial charge in [-0.25, -0.2) is 8.42 Å². The summed E-state index contributed by atoms with van der Waals surface area (Å²) >= 11 is 0. The van der Waals surface area contributed by atoms with Crippen molar-refractivity contribution < 1.29 is 69.5 Å². The molecule has 6 heteroatoms.